The van der Waals surface area contributed by atoms with Crippen molar-refractivity contribution in [3.63, 3.8) is 0 Å². The van der Waals surface area contributed by atoms with Gasteiger partial charge in [-0.15, -0.1) is 0 Å². The maximum atomic E-state index is 8.55. The molecule has 0 aliphatic carbocycles. The van der Waals surface area contributed by atoms with E-state index in [-0.39, 0.29) is 94.2 Å². The van der Waals surface area contributed by atoms with Gasteiger partial charge in [-0.1, -0.05) is 0 Å². The van der Waals surface area contributed by atoms with Crippen LogP contribution in [0.1, 0.15) is 0 Å². The van der Waals surface area contributed by atoms with E-state index >= 15 is 0 Å². The van der Waals surface area contributed by atoms with Crippen molar-refractivity contribution in [1.82, 2.24) is 0 Å². The molecule has 0 rings (SSSR count). The minimum absolute atomic E-state index is 0. The third-order valence-corrected chi connectivity index (χ3v) is 0. The quantitative estimate of drug-likeness (QED) is 0.328. The summed E-state index contributed by atoms with van der Waals surface area (Å²) >= 11 is 0. The molecule has 0 saturated heterocycles. The molecule has 0 aliphatic heterocycles. The summed E-state index contributed by atoms with van der Waals surface area (Å²) < 4.78 is 8.55. The van der Waals surface area contributed by atoms with Gasteiger partial charge in [0.2, 0.25) is 0 Å². The minimum atomic E-state index is -5.39. The fourth-order valence-electron chi connectivity index (χ4n) is 0. The Morgan fingerprint density at radius 1 is 1.10 bits per heavy atom. The normalized spacial score (nSPS) is 5.90. The zero-order valence-corrected chi connectivity index (χ0v) is 12.7. The summed E-state index contributed by atoms with van der Waals surface area (Å²) in [7, 11) is -5.39. The Balaban J connectivity index is -0.00000000800. The first kappa shape index (κ1) is 38.1. The molecule has 0 atom stereocenters. The Kier molecular flexibility index (Phi) is 68.5. The van der Waals surface area contributed by atoms with Crippen molar-refractivity contribution < 1.29 is 113 Å². The topological polar surface area (TPSA) is 86.2 Å². The van der Waals surface area contributed by atoms with Crippen molar-refractivity contribution in [2.24, 2.45) is 0 Å². The van der Waals surface area contributed by atoms with Gasteiger partial charge in [0.25, 0.3) is 0 Å². The Morgan fingerprint density at radius 3 is 1.10 bits per heavy atom. The molecule has 0 aromatic carbocycles. The Labute approximate surface area is 120 Å². The monoisotopic (exact) mass is 325 g/mol. The molecule has 0 aliphatic rings. The van der Waals surface area contributed by atoms with E-state index in [1.54, 1.807) is 0 Å². The van der Waals surface area contributed by atoms with E-state index in [1.165, 1.54) is 0 Å². The van der Waals surface area contributed by atoms with Crippen LogP contribution in [0.2, 0.25) is 0 Å². The largest absolute Gasteiger partial charge is 4.00 e. The van der Waals surface area contributed by atoms with Crippen LogP contribution >= 0.6 is 7.82 Å². The molecule has 4 nitrogen and oxygen atoms in total. The van der Waals surface area contributed by atoms with Crippen molar-refractivity contribution in [1.29, 1.82) is 0 Å². The third-order valence-electron chi connectivity index (χ3n) is 0. The second-order valence-electron chi connectivity index (χ2n) is 0.447. The maximum absolute atomic E-state index is 8.55. The molecule has 0 bridgehead atoms. The smallest absolute Gasteiger partial charge is 0.822 e. The predicted octanol–water partition coefficient (Wildman–Crippen LogP) is -5.83. The van der Waals surface area contributed by atoms with Gasteiger partial charge in [0, 0.05) is 0 Å². The molecule has 10 heteroatoms. The Hall–Kier alpha value is 3.08. The van der Waals surface area contributed by atoms with Crippen LogP contribution < -0.4 is 33.5 Å². The number of hydrogen-bond donors (Lipinski definition) is 0. The number of hydrogen-bond acceptors (Lipinski definition) is 4. The zero-order chi connectivity index (χ0) is 4.50. The second kappa shape index (κ2) is 18.0. The average Bonchev–Trinajstić information content (AvgIpc) is 0.722. The van der Waals surface area contributed by atoms with Gasteiger partial charge in [0.05, 0.1) is 0 Å². The molecular weight excluding hydrogens is 326 g/mol. The van der Waals surface area contributed by atoms with Crippen LogP contribution in [0.3, 0.4) is 0 Å². The number of phosphoric acid groups is 1. The van der Waals surface area contributed by atoms with Gasteiger partial charge in [-0.2, -0.15) is 7.82 Å². The van der Waals surface area contributed by atoms with E-state index in [4.69, 9.17) is 19.2 Å². The molecule has 0 amide bonds. The average molecular weight is 326 g/mol. The van der Waals surface area contributed by atoms with E-state index in [0.717, 1.165) is 0 Å². The summed E-state index contributed by atoms with van der Waals surface area (Å²) in [6.07, 6.45) is 0. The van der Waals surface area contributed by atoms with E-state index in [2.05, 4.69) is 0 Å². The summed E-state index contributed by atoms with van der Waals surface area (Å²) in [4.78, 5) is 25.6. The molecule has 0 spiro atoms. The van der Waals surface area contributed by atoms with E-state index < -0.39 is 7.82 Å². The van der Waals surface area contributed by atoms with Crippen LogP contribution in [0.4, 0.5) is 0 Å². The first-order valence-electron chi connectivity index (χ1n) is 0.730. The predicted molar refractivity (Wildman–Crippen MR) is 7.61 cm³/mol. The van der Waals surface area contributed by atoms with Crippen LogP contribution in [0.5, 0.6) is 0 Å². The summed E-state index contributed by atoms with van der Waals surface area (Å²) in [6.45, 7) is 0. The number of rotatable bonds is 0. The van der Waals surface area contributed by atoms with Gasteiger partial charge in [0.15, 0.2) is 0 Å². The molecule has 0 unspecified atom stereocenters. The molecule has 0 aromatic rings. The van der Waals surface area contributed by atoms with Gasteiger partial charge in [-0.3, -0.25) is 0 Å². The van der Waals surface area contributed by atoms with Crippen LogP contribution in [0, 0.1) is 0 Å². The molecule has 1 radical (unpaired) electrons. The second-order valence-corrected chi connectivity index (χ2v) is 1.34. The Morgan fingerprint density at radius 2 is 1.10 bits per heavy atom. The van der Waals surface area contributed by atoms with Crippen molar-refractivity contribution in [3.8, 4) is 0 Å². The molecule has 43 valence electrons. The van der Waals surface area contributed by atoms with Crippen LogP contribution in [-0.4, -0.2) is 0 Å². The van der Waals surface area contributed by atoms with Crippen LogP contribution in [0.15, 0.2) is 0 Å². The van der Waals surface area contributed by atoms with Gasteiger partial charge >= 0.3 is 94.2 Å². The van der Waals surface area contributed by atoms with E-state index in [0.29, 0.717) is 0 Å². The van der Waals surface area contributed by atoms with Crippen molar-refractivity contribution in [2.75, 3.05) is 0 Å². The van der Waals surface area contributed by atoms with E-state index in [9.17, 15) is 0 Å². The van der Waals surface area contributed by atoms with Gasteiger partial charge in [0.1, 0.15) is 0 Å². The first-order chi connectivity index (χ1) is 2.00. The SMILES string of the molecule is O=P([O-])([O-])[O-].[Fe+2].[Li+].[Mn+2].[Ti+4].[Zn+2]. The first-order valence-corrected chi connectivity index (χ1v) is 2.19. The van der Waals surface area contributed by atoms with Crippen molar-refractivity contribution >= 4 is 7.82 Å². The minimum Gasteiger partial charge on any atom is -0.822 e. The maximum Gasteiger partial charge on any atom is 4.00 e. The zero-order valence-electron chi connectivity index (χ0n) is 5.02. The molecule has 0 fully saturated rings. The molecular formula is FeLiMnO4PTiZn+8. The fourth-order valence-corrected chi connectivity index (χ4v) is 0. The summed E-state index contributed by atoms with van der Waals surface area (Å²) in [6, 6.07) is 0. The summed E-state index contributed by atoms with van der Waals surface area (Å²) in [5.74, 6) is 0. The Bertz CT molecular complexity index is 71.4. The summed E-state index contributed by atoms with van der Waals surface area (Å²) in [5.41, 5.74) is 0. The van der Waals surface area contributed by atoms with E-state index in [1.807, 2.05) is 0 Å². The molecule has 0 N–H and O–H groups in total. The summed E-state index contributed by atoms with van der Waals surface area (Å²) in [5, 5.41) is 0. The standard InChI is InChI=1S/Fe.Li.Mn.H3O4P.Ti.Zn/c;;;1-5(2,3)4;;/h;;;(H3,1,2,3,4);;/q+2;+1;+2;;+4;+2/p-3. The van der Waals surface area contributed by atoms with Gasteiger partial charge in [-0.25, -0.2) is 0 Å². The molecule has 0 heterocycles. The van der Waals surface area contributed by atoms with Gasteiger partial charge < -0.3 is 19.2 Å². The van der Waals surface area contributed by atoms with Gasteiger partial charge in [-0.05, 0) is 0 Å². The fraction of sp³-hybridized carbons (Fsp3) is 0. The third kappa shape index (κ3) is 119. The van der Waals surface area contributed by atoms with Crippen LogP contribution in [-0.2, 0) is 79.9 Å². The van der Waals surface area contributed by atoms with Crippen LogP contribution in [0.25, 0.3) is 0 Å². The molecule has 10 heavy (non-hydrogen) atoms. The molecule has 0 aromatic heterocycles. The van der Waals surface area contributed by atoms with Crippen molar-refractivity contribution in [3.05, 3.63) is 0 Å². The van der Waals surface area contributed by atoms with Crippen molar-refractivity contribution in [2.45, 2.75) is 0 Å². The molecule has 0 saturated carbocycles.